The highest BCUT2D eigenvalue weighted by molar-refractivity contribution is 7.98. The van der Waals surface area contributed by atoms with E-state index in [2.05, 4.69) is 26.5 Å². The van der Waals surface area contributed by atoms with Crippen LogP contribution in [-0.4, -0.2) is 40.1 Å². The Kier molecular flexibility index (Phi) is 8.04. The minimum atomic E-state index is 0.186. The average Bonchev–Trinajstić information content (AvgIpc) is 2.40. The van der Waals surface area contributed by atoms with Crippen molar-refractivity contribution in [3.63, 3.8) is 0 Å². The Morgan fingerprint density at radius 1 is 1.21 bits per heavy atom. The summed E-state index contributed by atoms with van der Waals surface area (Å²) in [6, 6.07) is 0.291. The van der Waals surface area contributed by atoms with Gasteiger partial charge in [-0.15, -0.1) is 0 Å². The van der Waals surface area contributed by atoms with Crippen molar-refractivity contribution < 1.29 is 4.74 Å². The summed E-state index contributed by atoms with van der Waals surface area (Å²) in [5.74, 6) is 1.89. The highest BCUT2D eigenvalue weighted by Gasteiger charge is 2.04. The first-order valence-corrected chi connectivity index (χ1v) is 8.02. The van der Waals surface area contributed by atoms with Crippen LogP contribution in [0.4, 0.5) is 11.9 Å². The molecule has 0 spiro atoms. The van der Waals surface area contributed by atoms with Gasteiger partial charge >= 0.3 is 6.01 Å². The Bertz CT molecular complexity index is 364. The van der Waals surface area contributed by atoms with Gasteiger partial charge in [-0.25, -0.2) is 0 Å². The van der Waals surface area contributed by atoms with Crippen molar-refractivity contribution in [3.8, 4) is 6.01 Å². The zero-order valence-corrected chi connectivity index (χ0v) is 12.5. The molecule has 0 unspecified atom stereocenters. The molecule has 3 N–H and O–H groups in total. The summed E-state index contributed by atoms with van der Waals surface area (Å²) in [6.07, 6.45) is 6.57. The quantitative estimate of drug-likeness (QED) is 0.637. The lowest BCUT2D eigenvalue weighted by atomic mass is 10.2. The van der Waals surface area contributed by atoms with E-state index in [4.69, 9.17) is 10.5 Å². The monoisotopic (exact) mass is 285 g/mol. The van der Waals surface area contributed by atoms with Gasteiger partial charge in [-0.1, -0.05) is 13.3 Å². The fourth-order valence-electron chi connectivity index (χ4n) is 1.46. The summed E-state index contributed by atoms with van der Waals surface area (Å²) in [4.78, 5) is 12.1. The van der Waals surface area contributed by atoms with Crippen molar-refractivity contribution in [2.24, 2.45) is 0 Å². The maximum Gasteiger partial charge on any atom is 0.323 e. The lowest BCUT2D eigenvalue weighted by Crippen LogP contribution is -2.10. The van der Waals surface area contributed by atoms with Crippen LogP contribution in [0.3, 0.4) is 0 Å². The number of ether oxygens (including phenoxy) is 1. The number of hydrogen-bond acceptors (Lipinski definition) is 7. The van der Waals surface area contributed by atoms with Crippen molar-refractivity contribution in [2.45, 2.75) is 32.6 Å². The van der Waals surface area contributed by atoms with E-state index in [1.165, 1.54) is 18.6 Å². The molecule has 0 atom stereocenters. The predicted molar refractivity (Wildman–Crippen MR) is 80.7 cm³/mol. The van der Waals surface area contributed by atoms with E-state index >= 15 is 0 Å². The molecular formula is C12H23N5OS. The molecule has 1 rings (SSSR count). The molecule has 7 heteroatoms. The van der Waals surface area contributed by atoms with Crippen LogP contribution in [0.5, 0.6) is 6.01 Å². The average molecular weight is 285 g/mol. The number of nitrogens with zero attached hydrogens (tertiary/aromatic N) is 3. The number of anilines is 2. The van der Waals surface area contributed by atoms with Gasteiger partial charge in [0.25, 0.3) is 0 Å². The molecule has 6 nitrogen and oxygen atoms in total. The van der Waals surface area contributed by atoms with Crippen molar-refractivity contribution in [2.75, 3.05) is 36.2 Å². The van der Waals surface area contributed by atoms with Crippen molar-refractivity contribution >= 4 is 23.7 Å². The number of unbranched alkanes of at least 4 members (excludes halogenated alkanes) is 2. The smallest absolute Gasteiger partial charge is 0.323 e. The summed E-state index contributed by atoms with van der Waals surface area (Å²) >= 11 is 1.88. The largest absolute Gasteiger partial charge is 0.463 e. The Hall–Kier alpha value is -1.24. The number of thioether (sulfide) groups is 1. The van der Waals surface area contributed by atoms with Crippen LogP contribution >= 0.6 is 11.8 Å². The molecule has 0 saturated heterocycles. The van der Waals surface area contributed by atoms with Crippen LogP contribution in [0.15, 0.2) is 0 Å². The number of nitrogen functional groups attached to an aromatic ring is 1. The van der Waals surface area contributed by atoms with Crippen LogP contribution in [0.25, 0.3) is 0 Å². The van der Waals surface area contributed by atoms with E-state index in [0.717, 1.165) is 19.4 Å². The summed E-state index contributed by atoms with van der Waals surface area (Å²) in [6.45, 7) is 3.45. The Morgan fingerprint density at radius 3 is 2.79 bits per heavy atom. The minimum Gasteiger partial charge on any atom is -0.463 e. The number of hydrogen-bond donors (Lipinski definition) is 2. The zero-order chi connectivity index (χ0) is 13.9. The molecule has 1 aromatic heterocycles. The molecule has 108 valence electrons. The molecule has 0 amide bonds. The van der Waals surface area contributed by atoms with E-state index in [9.17, 15) is 0 Å². The maximum atomic E-state index is 5.62. The standard InChI is InChI=1S/C12H23N5OS/c1-3-8-18-12-16-10(13)15-11(17-12)14-7-5-4-6-9-19-2/h3-9H2,1-2H3,(H3,13,14,15,16,17). The molecule has 0 radical (unpaired) electrons. The van der Waals surface area contributed by atoms with Crippen LogP contribution in [0.1, 0.15) is 32.6 Å². The van der Waals surface area contributed by atoms with Crippen molar-refractivity contribution in [1.29, 1.82) is 0 Å². The first kappa shape index (κ1) is 15.8. The minimum absolute atomic E-state index is 0.186. The van der Waals surface area contributed by atoms with Crippen LogP contribution in [0, 0.1) is 0 Å². The summed E-state index contributed by atoms with van der Waals surface area (Å²) < 4.78 is 5.35. The molecule has 0 aliphatic rings. The second-order valence-electron chi connectivity index (χ2n) is 4.13. The Morgan fingerprint density at radius 2 is 2.05 bits per heavy atom. The van der Waals surface area contributed by atoms with Gasteiger partial charge in [0.05, 0.1) is 6.61 Å². The second-order valence-corrected chi connectivity index (χ2v) is 5.11. The molecule has 19 heavy (non-hydrogen) atoms. The van der Waals surface area contributed by atoms with Gasteiger partial charge in [0.15, 0.2) is 0 Å². The number of nitrogens with two attached hydrogens (primary N) is 1. The van der Waals surface area contributed by atoms with Gasteiger partial charge < -0.3 is 15.8 Å². The highest BCUT2D eigenvalue weighted by atomic mass is 32.2. The Balaban J connectivity index is 2.34. The molecule has 0 bridgehead atoms. The highest BCUT2D eigenvalue weighted by Crippen LogP contribution is 2.09. The van der Waals surface area contributed by atoms with Gasteiger partial charge in [-0.3, -0.25) is 0 Å². The van der Waals surface area contributed by atoms with E-state index in [1.807, 2.05) is 18.7 Å². The topological polar surface area (TPSA) is 86.0 Å². The van der Waals surface area contributed by atoms with Gasteiger partial charge in [0.2, 0.25) is 11.9 Å². The molecule has 0 aliphatic carbocycles. The van der Waals surface area contributed by atoms with Gasteiger partial charge in [-0.2, -0.15) is 26.7 Å². The Labute approximate surface area is 119 Å². The summed E-state index contributed by atoms with van der Waals surface area (Å²) in [5, 5.41) is 3.15. The first-order valence-electron chi connectivity index (χ1n) is 6.63. The third-order valence-corrected chi connectivity index (χ3v) is 3.07. The third-order valence-electron chi connectivity index (χ3n) is 2.38. The first-order chi connectivity index (χ1) is 9.26. The third kappa shape index (κ3) is 7.05. The molecule has 0 aliphatic heterocycles. The fourth-order valence-corrected chi connectivity index (χ4v) is 1.95. The van der Waals surface area contributed by atoms with E-state index in [0.29, 0.717) is 18.6 Å². The number of aromatic nitrogens is 3. The second kappa shape index (κ2) is 9.66. The molecule has 0 saturated carbocycles. The fraction of sp³-hybridized carbons (Fsp3) is 0.750. The molecule has 1 heterocycles. The number of rotatable bonds is 10. The SMILES string of the molecule is CCCOc1nc(N)nc(NCCCCCSC)n1. The molecular weight excluding hydrogens is 262 g/mol. The predicted octanol–water partition coefficient (Wildman–Crippen LogP) is 2.19. The van der Waals surface area contributed by atoms with Crippen molar-refractivity contribution in [3.05, 3.63) is 0 Å². The molecule has 1 aromatic rings. The normalized spacial score (nSPS) is 10.4. The van der Waals surface area contributed by atoms with Crippen LogP contribution in [-0.2, 0) is 0 Å². The lowest BCUT2D eigenvalue weighted by molar-refractivity contribution is 0.292. The van der Waals surface area contributed by atoms with E-state index < -0.39 is 0 Å². The zero-order valence-electron chi connectivity index (χ0n) is 11.7. The van der Waals surface area contributed by atoms with Crippen molar-refractivity contribution in [1.82, 2.24) is 15.0 Å². The number of nitrogens with one attached hydrogen (secondary N) is 1. The summed E-state index contributed by atoms with van der Waals surface area (Å²) in [7, 11) is 0. The van der Waals surface area contributed by atoms with E-state index in [1.54, 1.807) is 0 Å². The molecule has 0 aromatic carbocycles. The van der Waals surface area contributed by atoms with Crippen LogP contribution in [0.2, 0.25) is 0 Å². The van der Waals surface area contributed by atoms with E-state index in [-0.39, 0.29) is 5.95 Å². The summed E-state index contributed by atoms with van der Waals surface area (Å²) in [5.41, 5.74) is 5.62. The van der Waals surface area contributed by atoms with Gasteiger partial charge in [-0.05, 0) is 31.3 Å². The van der Waals surface area contributed by atoms with Gasteiger partial charge in [0, 0.05) is 6.54 Å². The lowest BCUT2D eigenvalue weighted by Gasteiger charge is -2.07. The molecule has 0 fully saturated rings. The van der Waals surface area contributed by atoms with Gasteiger partial charge in [0.1, 0.15) is 0 Å². The van der Waals surface area contributed by atoms with Crippen LogP contribution < -0.4 is 15.8 Å². The maximum absolute atomic E-state index is 5.62.